The summed E-state index contributed by atoms with van der Waals surface area (Å²) in [6, 6.07) is 7.14. The lowest BCUT2D eigenvalue weighted by molar-refractivity contribution is 1.30. The molecule has 0 amide bonds. The maximum absolute atomic E-state index is 10.3. The second kappa shape index (κ2) is 3.67. The van der Waals surface area contributed by atoms with E-state index < -0.39 is 0 Å². The minimum Gasteiger partial charge on any atom is -0.242 e. The number of thiazole rings is 1. The molecule has 0 aliphatic rings. The molecule has 4 heteroatoms. The van der Waals surface area contributed by atoms with Crippen molar-refractivity contribution in [3.63, 3.8) is 0 Å². The van der Waals surface area contributed by atoms with Crippen molar-refractivity contribution < 1.29 is 0 Å². The molecule has 0 fully saturated rings. The molecular formula is C10H8N2OS. The van der Waals surface area contributed by atoms with Gasteiger partial charge in [0, 0.05) is 10.9 Å². The molecule has 0 saturated carbocycles. The van der Waals surface area contributed by atoms with Gasteiger partial charge < -0.3 is 0 Å². The minimum absolute atomic E-state index is 0.438. The maximum atomic E-state index is 10.3. The highest BCUT2D eigenvalue weighted by Crippen LogP contribution is 2.24. The number of aromatic nitrogens is 1. The predicted octanol–water partition coefficient (Wildman–Crippen LogP) is 3.52. The molecule has 0 N–H and O–H groups in total. The summed E-state index contributed by atoms with van der Waals surface area (Å²) in [5.74, 6) is 0. The Bertz CT molecular complexity index is 465. The van der Waals surface area contributed by atoms with E-state index in [2.05, 4.69) is 10.2 Å². The fourth-order valence-electron chi connectivity index (χ4n) is 1.22. The average Bonchev–Trinajstić information content (AvgIpc) is 2.65. The van der Waals surface area contributed by atoms with Gasteiger partial charge in [0.2, 0.25) is 0 Å². The fraction of sp³-hybridized carbons (Fsp3) is 0.100. The molecule has 0 saturated heterocycles. The van der Waals surface area contributed by atoms with Gasteiger partial charge >= 0.3 is 0 Å². The Labute approximate surface area is 85.4 Å². The molecule has 2 rings (SSSR count). The van der Waals surface area contributed by atoms with Crippen molar-refractivity contribution in [2.24, 2.45) is 5.18 Å². The summed E-state index contributed by atoms with van der Waals surface area (Å²) in [4.78, 5) is 14.7. The topological polar surface area (TPSA) is 42.3 Å². The number of hydrogen-bond acceptors (Lipinski definition) is 4. The first-order valence-electron chi connectivity index (χ1n) is 4.15. The van der Waals surface area contributed by atoms with Crippen LogP contribution in [0.5, 0.6) is 0 Å². The first kappa shape index (κ1) is 9.02. The van der Waals surface area contributed by atoms with Crippen LogP contribution in [-0.4, -0.2) is 4.98 Å². The Hall–Kier alpha value is -1.55. The summed E-state index contributed by atoms with van der Waals surface area (Å²) in [6.45, 7) is 1.95. The van der Waals surface area contributed by atoms with Crippen molar-refractivity contribution in [1.82, 2.24) is 4.98 Å². The van der Waals surface area contributed by atoms with E-state index in [0.29, 0.717) is 5.69 Å². The Kier molecular flexibility index (Phi) is 2.37. The summed E-state index contributed by atoms with van der Waals surface area (Å²) < 4.78 is 0. The normalized spacial score (nSPS) is 10.1. The largest absolute Gasteiger partial charge is 0.242 e. The molecule has 0 bridgehead atoms. The first-order chi connectivity index (χ1) is 6.79. The monoisotopic (exact) mass is 204 g/mol. The molecular weight excluding hydrogens is 196 g/mol. The number of rotatable bonds is 2. The summed E-state index contributed by atoms with van der Waals surface area (Å²) in [5, 5.41) is 5.88. The molecule has 1 aromatic heterocycles. The first-order valence-corrected chi connectivity index (χ1v) is 5.03. The quantitative estimate of drug-likeness (QED) is 0.702. The molecule has 2 aromatic rings. The maximum Gasteiger partial charge on any atom is 0.108 e. The smallest absolute Gasteiger partial charge is 0.108 e. The van der Waals surface area contributed by atoms with E-state index in [9.17, 15) is 4.91 Å². The van der Waals surface area contributed by atoms with Crippen LogP contribution in [0.3, 0.4) is 0 Å². The number of hydrogen-bond donors (Lipinski definition) is 0. The zero-order valence-corrected chi connectivity index (χ0v) is 8.41. The fourth-order valence-corrected chi connectivity index (χ4v) is 1.84. The van der Waals surface area contributed by atoms with Gasteiger partial charge in [-0.3, -0.25) is 0 Å². The lowest BCUT2D eigenvalue weighted by Gasteiger charge is -1.95. The van der Waals surface area contributed by atoms with Crippen LogP contribution < -0.4 is 0 Å². The molecule has 0 unspecified atom stereocenters. The van der Waals surface area contributed by atoms with Crippen molar-refractivity contribution in [3.05, 3.63) is 39.6 Å². The van der Waals surface area contributed by atoms with Gasteiger partial charge in [-0.1, -0.05) is 12.1 Å². The van der Waals surface area contributed by atoms with Crippen LogP contribution in [0.2, 0.25) is 0 Å². The van der Waals surface area contributed by atoms with Crippen LogP contribution >= 0.6 is 11.3 Å². The Balaban J connectivity index is 2.46. The Morgan fingerprint density at radius 3 is 2.93 bits per heavy atom. The second-order valence-electron chi connectivity index (χ2n) is 2.89. The Morgan fingerprint density at radius 2 is 2.29 bits per heavy atom. The van der Waals surface area contributed by atoms with Gasteiger partial charge in [0.05, 0.1) is 10.7 Å². The highest BCUT2D eigenvalue weighted by atomic mass is 32.1. The summed E-state index contributed by atoms with van der Waals surface area (Å²) >= 11 is 1.59. The van der Waals surface area contributed by atoms with Crippen molar-refractivity contribution in [2.75, 3.05) is 0 Å². The third kappa shape index (κ3) is 1.70. The summed E-state index contributed by atoms with van der Waals surface area (Å²) in [6.07, 6.45) is 0. The van der Waals surface area contributed by atoms with E-state index in [-0.39, 0.29) is 0 Å². The van der Waals surface area contributed by atoms with E-state index in [1.807, 2.05) is 18.4 Å². The van der Waals surface area contributed by atoms with Gasteiger partial charge in [-0.25, -0.2) is 4.98 Å². The summed E-state index contributed by atoms with van der Waals surface area (Å²) in [5.41, 5.74) is 2.28. The van der Waals surface area contributed by atoms with E-state index in [4.69, 9.17) is 0 Å². The van der Waals surface area contributed by atoms with Crippen molar-refractivity contribution in [1.29, 1.82) is 0 Å². The van der Waals surface area contributed by atoms with Crippen molar-refractivity contribution in [2.45, 2.75) is 6.92 Å². The molecule has 70 valence electrons. The number of benzene rings is 1. The van der Waals surface area contributed by atoms with E-state index in [1.165, 1.54) is 0 Å². The highest BCUT2D eigenvalue weighted by Gasteiger charge is 2.02. The molecule has 0 spiro atoms. The zero-order valence-electron chi connectivity index (χ0n) is 7.60. The molecule has 0 radical (unpaired) electrons. The van der Waals surface area contributed by atoms with Gasteiger partial charge in [0.25, 0.3) is 0 Å². The van der Waals surface area contributed by atoms with Crippen LogP contribution in [0, 0.1) is 11.8 Å². The third-order valence-electron chi connectivity index (χ3n) is 1.87. The lowest BCUT2D eigenvalue weighted by Crippen LogP contribution is -1.77. The zero-order chi connectivity index (χ0) is 9.97. The van der Waals surface area contributed by atoms with E-state index >= 15 is 0 Å². The van der Waals surface area contributed by atoms with E-state index in [0.717, 1.165) is 16.3 Å². The van der Waals surface area contributed by atoms with E-state index in [1.54, 1.807) is 29.5 Å². The molecule has 0 aliphatic carbocycles. The van der Waals surface area contributed by atoms with Crippen LogP contribution in [0.1, 0.15) is 5.01 Å². The highest BCUT2D eigenvalue weighted by molar-refractivity contribution is 7.09. The minimum atomic E-state index is 0.438. The third-order valence-corrected chi connectivity index (χ3v) is 2.64. The van der Waals surface area contributed by atoms with Gasteiger partial charge in [-0.05, 0) is 24.2 Å². The lowest BCUT2D eigenvalue weighted by atomic mass is 10.1. The van der Waals surface area contributed by atoms with Crippen molar-refractivity contribution in [3.8, 4) is 11.3 Å². The van der Waals surface area contributed by atoms with Crippen LogP contribution in [0.25, 0.3) is 11.3 Å². The van der Waals surface area contributed by atoms with Gasteiger partial charge in [0.1, 0.15) is 5.69 Å². The molecule has 1 heterocycles. The standard InChI is InChI=1S/C10H8N2OS/c1-7-11-10(6-14-7)8-3-2-4-9(5-8)12-13/h2-6H,1H3. The Morgan fingerprint density at radius 1 is 1.43 bits per heavy atom. The number of nitrogens with zero attached hydrogens (tertiary/aromatic N) is 2. The molecule has 0 atom stereocenters. The van der Waals surface area contributed by atoms with Crippen LogP contribution in [-0.2, 0) is 0 Å². The van der Waals surface area contributed by atoms with Gasteiger partial charge in [-0.2, -0.15) is 0 Å². The van der Waals surface area contributed by atoms with Gasteiger partial charge in [-0.15, -0.1) is 16.2 Å². The molecule has 0 aliphatic heterocycles. The van der Waals surface area contributed by atoms with Gasteiger partial charge in [0.15, 0.2) is 0 Å². The summed E-state index contributed by atoms with van der Waals surface area (Å²) in [7, 11) is 0. The van der Waals surface area contributed by atoms with Crippen LogP contribution in [0.4, 0.5) is 5.69 Å². The van der Waals surface area contributed by atoms with Crippen LogP contribution in [0.15, 0.2) is 34.8 Å². The predicted molar refractivity (Wildman–Crippen MR) is 57.7 cm³/mol. The number of aryl methyl sites for hydroxylation is 1. The molecule has 14 heavy (non-hydrogen) atoms. The molecule has 1 aromatic carbocycles. The van der Waals surface area contributed by atoms with Crippen molar-refractivity contribution >= 4 is 17.0 Å². The molecule has 3 nitrogen and oxygen atoms in total. The SMILES string of the molecule is Cc1nc(-c2cccc(N=O)c2)cs1. The second-order valence-corrected chi connectivity index (χ2v) is 3.96. The average molecular weight is 204 g/mol. The number of nitroso groups, excluding NO2 is 1.